The molecule has 124 valence electrons. The van der Waals surface area contributed by atoms with Gasteiger partial charge in [0.2, 0.25) is 5.89 Å². The van der Waals surface area contributed by atoms with Gasteiger partial charge in [0.25, 0.3) is 0 Å². The van der Waals surface area contributed by atoms with Gasteiger partial charge >= 0.3 is 0 Å². The first-order valence-electron chi connectivity index (χ1n) is 8.18. The summed E-state index contributed by atoms with van der Waals surface area (Å²) >= 11 is 0. The van der Waals surface area contributed by atoms with Crippen LogP contribution in [0.4, 0.5) is 0 Å². The molecule has 2 aliphatic rings. The SMILES string of the molecule is Cc1ccc(-c2nc(CN3CC4CCC(N)C4C3)co2)cc1.Cl. The molecule has 3 atom stereocenters. The third-order valence-electron chi connectivity index (χ3n) is 5.22. The summed E-state index contributed by atoms with van der Waals surface area (Å²) < 4.78 is 5.65. The molecule has 1 aromatic heterocycles. The lowest BCUT2D eigenvalue weighted by Crippen LogP contribution is -2.30. The van der Waals surface area contributed by atoms with E-state index < -0.39 is 0 Å². The van der Waals surface area contributed by atoms with Crippen molar-refractivity contribution in [3.63, 3.8) is 0 Å². The number of hydrogen-bond donors (Lipinski definition) is 1. The summed E-state index contributed by atoms with van der Waals surface area (Å²) in [6, 6.07) is 8.69. The van der Waals surface area contributed by atoms with E-state index >= 15 is 0 Å². The number of likely N-dealkylation sites (tertiary alicyclic amines) is 1. The van der Waals surface area contributed by atoms with E-state index in [-0.39, 0.29) is 12.4 Å². The monoisotopic (exact) mass is 333 g/mol. The average Bonchev–Trinajstić information content (AvgIpc) is 3.19. The first kappa shape index (κ1) is 16.5. The highest BCUT2D eigenvalue weighted by atomic mass is 35.5. The number of halogens is 1. The number of aryl methyl sites for hydroxylation is 1. The summed E-state index contributed by atoms with van der Waals surface area (Å²) in [5.41, 5.74) is 9.51. The van der Waals surface area contributed by atoms with Crippen LogP contribution in [0.25, 0.3) is 11.5 Å². The minimum atomic E-state index is 0. The van der Waals surface area contributed by atoms with Crippen molar-refractivity contribution in [3.8, 4) is 11.5 Å². The van der Waals surface area contributed by atoms with Crippen LogP contribution in [0, 0.1) is 18.8 Å². The highest BCUT2D eigenvalue weighted by Crippen LogP contribution is 2.37. The Morgan fingerprint density at radius 1 is 1.22 bits per heavy atom. The second-order valence-corrected chi connectivity index (χ2v) is 6.87. The van der Waals surface area contributed by atoms with Gasteiger partial charge in [0.15, 0.2) is 0 Å². The fourth-order valence-electron chi connectivity index (χ4n) is 3.97. The lowest BCUT2D eigenvalue weighted by atomic mass is 9.98. The number of benzene rings is 1. The molecule has 3 unspecified atom stereocenters. The summed E-state index contributed by atoms with van der Waals surface area (Å²) in [4.78, 5) is 7.12. The molecule has 1 aromatic carbocycles. The molecular weight excluding hydrogens is 310 g/mol. The van der Waals surface area contributed by atoms with Gasteiger partial charge in [0, 0.05) is 31.2 Å². The summed E-state index contributed by atoms with van der Waals surface area (Å²) in [6.07, 6.45) is 4.28. The van der Waals surface area contributed by atoms with E-state index in [2.05, 4.69) is 41.1 Å². The summed E-state index contributed by atoms with van der Waals surface area (Å²) in [5.74, 6) is 2.19. The number of fused-ring (bicyclic) bond motifs is 1. The van der Waals surface area contributed by atoms with Gasteiger partial charge in [-0.15, -0.1) is 12.4 Å². The van der Waals surface area contributed by atoms with Crippen molar-refractivity contribution in [1.29, 1.82) is 0 Å². The second-order valence-electron chi connectivity index (χ2n) is 6.87. The maximum Gasteiger partial charge on any atom is 0.226 e. The zero-order chi connectivity index (χ0) is 15.1. The van der Waals surface area contributed by atoms with Gasteiger partial charge in [0.05, 0.1) is 5.69 Å². The quantitative estimate of drug-likeness (QED) is 0.936. The third-order valence-corrected chi connectivity index (χ3v) is 5.22. The lowest BCUT2D eigenvalue weighted by molar-refractivity contribution is 0.294. The highest BCUT2D eigenvalue weighted by Gasteiger charge is 2.40. The first-order valence-corrected chi connectivity index (χ1v) is 8.18. The Balaban J connectivity index is 0.00000156. The first-order chi connectivity index (χ1) is 10.7. The Morgan fingerprint density at radius 3 is 2.74 bits per heavy atom. The lowest BCUT2D eigenvalue weighted by Gasteiger charge is -2.16. The fraction of sp³-hybridized carbons (Fsp3) is 0.500. The van der Waals surface area contributed by atoms with Crippen LogP contribution >= 0.6 is 12.4 Å². The molecule has 0 radical (unpaired) electrons. The maximum absolute atomic E-state index is 6.21. The van der Waals surface area contributed by atoms with E-state index in [1.54, 1.807) is 6.26 Å². The summed E-state index contributed by atoms with van der Waals surface area (Å²) in [5, 5.41) is 0. The van der Waals surface area contributed by atoms with Crippen molar-refractivity contribution < 1.29 is 4.42 Å². The van der Waals surface area contributed by atoms with Gasteiger partial charge in [-0.3, -0.25) is 4.90 Å². The molecule has 2 aromatic rings. The molecule has 23 heavy (non-hydrogen) atoms. The van der Waals surface area contributed by atoms with Crippen molar-refractivity contribution in [2.45, 2.75) is 32.4 Å². The smallest absolute Gasteiger partial charge is 0.226 e. The molecule has 0 spiro atoms. The zero-order valence-corrected chi connectivity index (χ0v) is 14.3. The van der Waals surface area contributed by atoms with Crippen LogP contribution in [0.5, 0.6) is 0 Å². The molecule has 1 saturated heterocycles. The predicted molar refractivity (Wildman–Crippen MR) is 93.4 cm³/mol. The molecule has 4 rings (SSSR count). The van der Waals surface area contributed by atoms with Crippen LogP contribution in [0.15, 0.2) is 34.9 Å². The number of rotatable bonds is 3. The van der Waals surface area contributed by atoms with E-state index in [0.717, 1.165) is 36.8 Å². The van der Waals surface area contributed by atoms with Crippen LogP contribution in [0.1, 0.15) is 24.1 Å². The summed E-state index contributed by atoms with van der Waals surface area (Å²) in [7, 11) is 0. The minimum absolute atomic E-state index is 0. The van der Waals surface area contributed by atoms with Crippen LogP contribution < -0.4 is 5.73 Å². The standard InChI is InChI=1S/C18H23N3O.ClH/c1-12-2-4-13(5-3-12)18-20-15(11-22-18)9-21-8-14-6-7-17(19)16(14)10-21;/h2-5,11,14,16-17H,6-10,19H2,1H3;1H. The van der Waals surface area contributed by atoms with Gasteiger partial charge in [-0.25, -0.2) is 4.98 Å². The molecule has 1 saturated carbocycles. The van der Waals surface area contributed by atoms with Crippen molar-refractivity contribution in [1.82, 2.24) is 9.88 Å². The Hall–Kier alpha value is -1.36. The van der Waals surface area contributed by atoms with E-state index in [1.807, 2.05) is 0 Å². The zero-order valence-electron chi connectivity index (χ0n) is 13.4. The van der Waals surface area contributed by atoms with Crippen LogP contribution in [0.2, 0.25) is 0 Å². The van der Waals surface area contributed by atoms with Crippen molar-refractivity contribution >= 4 is 12.4 Å². The molecule has 2 fully saturated rings. The number of nitrogens with zero attached hydrogens (tertiary/aromatic N) is 2. The predicted octanol–water partition coefficient (Wildman–Crippen LogP) is 3.24. The van der Waals surface area contributed by atoms with Crippen molar-refractivity contribution in [2.75, 3.05) is 13.1 Å². The van der Waals surface area contributed by atoms with Gasteiger partial charge < -0.3 is 10.2 Å². The van der Waals surface area contributed by atoms with Crippen molar-refractivity contribution in [2.24, 2.45) is 17.6 Å². The molecule has 0 amide bonds. The normalized spacial score (nSPS) is 27.0. The van der Waals surface area contributed by atoms with E-state index in [1.165, 1.54) is 18.4 Å². The summed E-state index contributed by atoms with van der Waals surface area (Å²) in [6.45, 7) is 5.22. The molecule has 2 N–H and O–H groups in total. The molecule has 4 nitrogen and oxygen atoms in total. The maximum atomic E-state index is 6.21. The Kier molecular flexibility index (Phi) is 4.76. The number of nitrogens with two attached hydrogens (primary N) is 1. The highest BCUT2D eigenvalue weighted by molar-refractivity contribution is 5.85. The largest absolute Gasteiger partial charge is 0.444 e. The molecule has 2 heterocycles. The number of oxazole rings is 1. The Morgan fingerprint density at radius 2 is 2.00 bits per heavy atom. The van der Waals surface area contributed by atoms with Crippen LogP contribution in [-0.2, 0) is 6.54 Å². The second kappa shape index (κ2) is 6.63. The van der Waals surface area contributed by atoms with Crippen molar-refractivity contribution in [3.05, 3.63) is 41.8 Å². The Labute approximate surface area is 143 Å². The molecule has 1 aliphatic heterocycles. The molecule has 5 heteroatoms. The Bertz CT molecular complexity index is 655. The van der Waals surface area contributed by atoms with E-state index in [4.69, 9.17) is 10.2 Å². The van der Waals surface area contributed by atoms with Crippen LogP contribution in [0.3, 0.4) is 0 Å². The average molecular weight is 334 g/mol. The van der Waals surface area contributed by atoms with E-state index in [0.29, 0.717) is 17.9 Å². The molecule has 1 aliphatic carbocycles. The minimum Gasteiger partial charge on any atom is -0.444 e. The fourth-order valence-corrected chi connectivity index (χ4v) is 3.97. The molecule has 0 bridgehead atoms. The number of hydrogen-bond acceptors (Lipinski definition) is 4. The van der Waals surface area contributed by atoms with E-state index in [9.17, 15) is 0 Å². The topological polar surface area (TPSA) is 55.3 Å². The van der Waals surface area contributed by atoms with Gasteiger partial charge in [-0.05, 0) is 43.7 Å². The van der Waals surface area contributed by atoms with Gasteiger partial charge in [-0.2, -0.15) is 0 Å². The van der Waals surface area contributed by atoms with Gasteiger partial charge in [0.1, 0.15) is 6.26 Å². The van der Waals surface area contributed by atoms with Crippen LogP contribution in [-0.4, -0.2) is 29.0 Å². The number of aromatic nitrogens is 1. The van der Waals surface area contributed by atoms with Gasteiger partial charge in [-0.1, -0.05) is 17.7 Å². The molecular formula is C18H24ClN3O. The third kappa shape index (κ3) is 3.30.